The van der Waals surface area contributed by atoms with Gasteiger partial charge in [0.2, 0.25) is 0 Å². The molecule has 0 aliphatic rings. The van der Waals surface area contributed by atoms with Gasteiger partial charge in [-0.25, -0.2) is 0 Å². The molecule has 0 heterocycles. The van der Waals surface area contributed by atoms with E-state index in [1.807, 2.05) is 27.7 Å². The summed E-state index contributed by atoms with van der Waals surface area (Å²) in [4.78, 5) is 24.0. The summed E-state index contributed by atoms with van der Waals surface area (Å²) in [5, 5.41) is 0. The zero-order valence-electron chi connectivity index (χ0n) is 13.1. The van der Waals surface area contributed by atoms with Crippen molar-refractivity contribution in [1.82, 2.24) is 0 Å². The topological polar surface area (TPSA) is 52.6 Å². The van der Waals surface area contributed by atoms with Crippen molar-refractivity contribution in [3.8, 4) is 0 Å². The Labute approximate surface area is 116 Å². The van der Waals surface area contributed by atoms with Gasteiger partial charge in [-0.15, -0.1) is 0 Å². The lowest BCUT2D eigenvalue weighted by Crippen LogP contribution is -2.38. The van der Waals surface area contributed by atoms with Crippen molar-refractivity contribution >= 4 is 11.9 Å². The predicted octanol–water partition coefficient (Wildman–Crippen LogP) is 3.19. The van der Waals surface area contributed by atoms with Crippen molar-refractivity contribution in [3.05, 3.63) is 0 Å². The Balaban J connectivity index is 5.21. The molecular formula is C15H28O4. The van der Waals surface area contributed by atoms with E-state index in [1.54, 1.807) is 6.92 Å². The average Bonchev–Trinajstić information content (AvgIpc) is 2.25. The summed E-state index contributed by atoms with van der Waals surface area (Å²) in [6.07, 6.45) is 1.37. The van der Waals surface area contributed by atoms with Crippen LogP contribution in [-0.2, 0) is 19.1 Å². The van der Waals surface area contributed by atoms with Crippen LogP contribution in [0, 0.1) is 17.3 Å². The van der Waals surface area contributed by atoms with Crippen molar-refractivity contribution < 1.29 is 19.1 Å². The third-order valence-corrected chi connectivity index (χ3v) is 3.00. The summed E-state index contributed by atoms with van der Waals surface area (Å²) >= 11 is 0. The van der Waals surface area contributed by atoms with Gasteiger partial charge in [0, 0.05) is 0 Å². The Morgan fingerprint density at radius 1 is 1.05 bits per heavy atom. The SMILES string of the molecule is CCOC(=O)CC(CC(C)C)(CC(C)C)C(=O)OC. The fraction of sp³-hybridized carbons (Fsp3) is 0.867. The summed E-state index contributed by atoms with van der Waals surface area (Å²) in [7, 11) is 1.38. The van der Waals surface area contributed by atoms with E-state index in [2.05, 4.69) is 0 Å². The highest BCUT2D eigenvalue weighted by Gasteiger charge is 2.42. The molecular weight excluding hydrogens is 244 g/mol. The average molecular weight is 272 g/mol. The Morgan fingerprint density at radius 2 is 1.53 bits per heavy atom. The number of carbonyl (C=O) groups excluding carboxylic acids is 2. The molecule has 0 aromatic heterocycles. The number of ether oxygens (including phenoxy) is 2. The Morgan fingerprint density at radius 3 is 1.84 bits per heavy atom. The molecule has 19 heavy (non-hydrogen) atoms. The van der Waals surface area contributed by atoms with Crippen LogP contribution >= 0.6 is 0 Å². The predicted molar refractivity (Wildman–Crippen MR) is 74.6 cm³/mol. The lowest BCUT2D eigenvalue weighted by Gasteiger charge is -2.33. The highest BCUT2D eigenvalue weighted by molar-refractivity contribution is 5.83. The van der Waals surface area contributed by atoms with Crippen LogP contribution in [0.1, 0.15) is 53.9 Å². The molecule has 0 aliphatic heterocycles. The molecule has 112 valence electrons. The Kier molecular flexibility index (Phi) is 7.72. The van der Waals surface area contributed by atoms with E-state index in [0.717, 1.165) is 0 Å². The molecule has 0 rings (SSSR count). The largest absolute Gasteiger partial charge is 0.469 e. The van der Waals surface area contributed by atoms with Gasteiger partial charge in [0.25, 0.3) is 0 Å². The molecule has 0 aromatic rings. The van der Waals surface area contributed by atoms with Gasteiger partial charge < -0.3 is 9.47 Å². The van der Waals surface area contributed by atoms with Gasteiger partial charge in [-0.1, -0.05) is 27.7 Å². The number of carbonyl (C=O) groups is 2. The molecule has 0 spiro atoms. The summed E-state index contributed by atoms with van der Waals surface area (Å²) < 4.78 is 9.96. The summed E-state index contributed by atoms with van der Waals surface area (Å²) in [5.74, 6) is -0.00305. The standard InChI is InChI=1S/C15H28O4/c1-7-19-13(16)10-15(8-11(2)3,9-12(4)5)14(17)18-6/h11-12H,7-10H2,1-6H3. The molecule has 0 fully saturated rings. The fourth-order valence-corrected chi connectivity index (χ4v) is 2.73. The Bertz CT molecular complexity index is 285. The van der Waals surface area contributed by atoms with Gasteiger partial charge in [-0.2, -0.15) is 0 Å². The summed E-state index contributed by atoms with van der Waals surface area (Å²) in [6, 6.07) is 0. The third kappa shape index (κ3) is 6.08. The number of hydrogen-bond donors (Lipinski definition) is 0. The first kappa shape index (κ1) is 17.9. The van der Waals surface area contributed by atoms with Crippen LogP contribution in [0.5, 0.6) is 0 Å². The molecule has 0 amide bonds. The second-order valence-corrected chi connectivity index (χ2v) is 5.95. The second kappa shape index (κ2) is 8.18. The van der Waals surface area contributed by atoms with Gasteiger partial charge in [0.05, 0.1) is 25.6 Å². The third-order valence-electron chi connectivity index (χ3n) is 3.00. The maximum atomic E-state index is 12.2. The zero-order valence-corrected chi connectivity index (χ0v) is 13.1. The minimum Gasteiger partial charge on any atom is -0.469 e. The number of methoxy groups -OCH3 is 1. The van der Waals surface area contributed by atoms with Crippen molar-refractivity contribution in [2.45, 2.75) is 53.9 Å². The molecule has 0 unspecified atom stereocenters. The number of esters is 2. The van der Waals surface area contributed by atoms with E-state index in [1.165, 1.54) is 7.11 Å². The maximum absolute atomic E-state index is 12.2. The molecule has 0 saturated heterocycles. The molecule has 0 N–H and O–H groups in total. The van der Waals surface area contributed by atoms with Gasteiger partial charge in [-0.05, 0) is 31.6 Å². The van der Waals surface area contributed by atoms with Gasteiger partial charge in [-0.3, -0.25) is 9.59 Å². The summed E-state index contributed by atoms with van der Waals surface area (Å²) in [5.41, 5.74) is -0.761. The van der Waals surface area contributed by atoms with Crippen LogP contribution in [0.25, 0.3) is 0 Å². The van der Waals surface area contributed by atoms with Crippen LogP contribution in [0.2, 0.25) is 0 Å². The molecule has 0 aromatic carbocycles. The second-order valence-electron chi connectivity index (χ2n) is 5.95. The lowest BCUT2D eigenvalue weighted by molar-refractivity contribution is -0.163. The smallest absolute Gasteiger partial charge is 0.312 e. The quantitative estimate of drug-likeness (QED) is 0.637. The fourth-order valence-electron chi connectivity index (χ4n) is 2.73. The van der Waals surface area contributed by atoms with Crippen molar-refractivity contribution in [1.29, 1.82) is 0 Å². The minimum absolute atomic E-state index is 0.101. The molecule has 0 radical (unpaired) electrons. The molecule has 0 saturated carbocycles. The molecule has 0 bridgehead atoms. The molecule has 0 aliphatic carbocycles. The summed E-state index contributed by atoms with van der Waals surface area (Å²) in [6.45, 7) is 10.3. The monoisotopic (exact) mass is 272 g/mol. The van der Waals surface area contributed by atoms with Gasteiger partial charge >= 0.3 is 11.9 Å². The van der Waals surface area contributed by atoms with Crippen molar-refractivity contribution in [2.75, 3.05) is 13.7 Å². The van der Waals surface area contributed by atoms with E-state index >= 15 is 0 Å². The van der Waals surface area contributed by atoms with Crippen LogP contribution in [0.3, 0.4) is 0 Å². The zero-order chi connectivity index (χ0) is 15.1. The highest BCUT2D eigenvalue weighted by Crippen LogP contribution is 2.38. The lowest BCUT2D eigenvalue weighted by atomic mass is 9.72. The van der Waals surface area contributed by atoms with Crippen LogP contribution in [0.4, 0.5) is 0 Å². The van der Waals surface area contributed by atoms with Crippen LogP contribution in [-0.4, -0.2) is 25.7 Å². The van der Waals surface area contributed by atoms with E-state index in [9.17, 15) is 9.59 Å². The molecule has 4 nitrogen and oxygen atoms in total. The van der Waals surface area contributed by atoms with Gasteiger partial charge in [0.1, 0.15) is 0 Å². The number of rotatable bonds is 8. The normalized spacial score (nSPS) is 11.8. The minimum atomic E-state index is -0.761. The number of hydrogen-bond acceptors (Lipinski definition) is 4. The highest BCUT2D eigenvalue weighted by atomic mass is 16.5. The van der Waals surface area contributed by atoms with E-state index in [-0.39, 0.29) is 18.4 Å². The van der Waals surface area contributed by atoms with Crippen molar-refractivity contribution in [2.24, 2.45) is 17.3 Å². The first-order chi connectivity index (χ1) is 8.77. The first-order valence-electron chi connectivity index (χ1n) is 7.01. The molecule has 4 heteroatoms. The molecule has 0 atom stereocenters. The first-order valence-corrected chi connectivity index (χ1v) is 7.01. The van der Waals surface area contributed by atoms with E-state index < -0.39 is 5.41 Å². The maximum Gasteiger partial charge on any atom is 0.312 e. The van der Waals surface area contributed by atoms with Crippen LogP contribution < -0.4 is 0 Å². The Hall–Kier alpha value is -1.06. The van der Waals surface area contributed by atoms with Crippen molar-refractivity contribution in [3.63, 3.8) is 0 Å². The van der Waals surface area contributed by atoms with Gasteiger partial charge in [0.15, 0.2) is 0 Å². The van der Waals surface area contributed by atoms with E-state index in [0.29, 0.717) is 31.3 Å². The van der Waals surface area contributed by atoms with E-state index in [4.69, 9.17) is 9.47 Å². The van der Waals surface area contributed by atoms with Crippen LogP contribution in [0.15, 0.2) is 0 Å².